The van der Waals surface area contributed by atoms with E-state index < -0.39 is 5.41 Å². The Morgan fingerprint density at radius 1 is 1.00 bits per heavy atom. The number of benzene rings is 2. The topological polar surface area (TPSA) is 30.0 Å². The molecular weight excluding hydrogens is 410 g/mol. The van der Waals surface area contributed by atoms with Crippen molar-refractivity contribution in [1.29, 1.82) is 0 Å². The standard InChI is InChI=1S/C22H19BrClNO/c1-14-12-20(24)8-9-21(14)22(16(3)26,17-4-6-19(23)7-5-17)18-10-11-25-15(2)13-18/h4-13H,1-3H3/t22-/m1/s1. The van der Waals surface area contributed by atoms with Crippen LogP contribution in [0.3, 0.4) is 0 Å². The zero-order valence-electron chi connectivity index (χ0n) is 14.9. The third kappa shape index (κ3) is 3.22. The maximum Gasteiger partial charge on any atom is 0.149 e. The highest BCUT2D eigenvalue weighted by Crippen LogP contribution is 2.42. The van der Waals surface area contributed by atoms with Gasteiger partial charge in [-0.15, -0.1) is 0 Å². The van der Waals surface area contributed by atoms with E-state index in [-0.39, 0.29) is 5.78 Å². The molecule has 0 aliphatic heterocycles. The van der Waals surface area contributed by atoms with E-state index in [0.29, 0.717) is 5.02 Å². The van der Waals surface area contributed by atoms with Crippen LogP contribution in [0.1, 0.15) is 34.9 Å². The van der Waals surface area contributed by atoms with E-state index in [0.717, 1.165) is 32.4 Å². The number of nitrogens with zero attached hydrogens (tertiary/aromatic N) is 1. The molecule has 0 radical (unpaired) electrons. The Morgan fingerprint density at radius 2 is 1.69 bits per heavy atom. The molecule has 0 aliphatic rings. The molecule has 4 heteroatoms. The van der Waals surface area contributed by atoms with Gasteiger partial charge < -0.3 is 0 Å². The summed E-state index contributed by atoms with van der Waals surface area (Å²) < 4.78 is 0.970. The molecule has 0 saturated heterocycles. The lowest BCUT2D eigenvalue weighted by Gasteiger charge is -2.35. The fourth-order valence-electron chi connectivity index (χ4n) is 3.60. The number of pyridine rings is 1. The van der Waals surface area contributed by atoms with Crippen molar-refractivity contribution in [2.45, 2.75) is 26.2 Å². The molecule has 1 aromatic heterocycles. The number of hydrogen-bond donors (Lipinski definition) is 0. The van der Waals surface area contributed by atoms with Crippen molar-refractivity contribution in [2.24, 2.45) is 0 Å². The number of Topliss-reactive ketones (excluding diaryl/α,β-unsaturated/α-hetero) is 1. The van der Waals surface area contributed by atoms with Crippen molar-refractivity contribution in [2.75, 3.05) is 0 Å². The van der Waals surface area contributed by atoms with Gasteiger partial charge in [-0.25, -0.2) is 0 Å². The highest BCUT2D eigenvalue weighted by atomic mass is 79.9. The molecule has 2 aromatic carbocycles. The summed E-state index contributed by atoms with van der Waals surface area (Å²) >= 11 is 9.67. The Bertz CT molecular complexity index is 968. The van der Waals surface area contributed by atoms with Crippen molar-refractivity contribution < 1.29 is 4.79 Å². The highest BCUT2D eigenvalue weighted by molar-refractivity contribution is 9.10. The average molecular weight is 429 g/mol. The smallest absolute Gasteiger partial charge is 0.149 e. The van der Waals surface area contributed by atoms with Crippen molar-refractivity contribution in [1.82, 2.24) is 4.98 Å². The number of carbonyl (C=O) groups is 1. The lowest BCUT2D eigenvalue weighted by atomic mass is 9.66. The van der Waals surface area contributed by atoms with Crippen LogP contribution in [0.25, 0.3) is 0 Å². The summed E-state index contributed by atoms with van der Waals surface area (Å²) in [7, 11) is 0. The summed E-state index contributed by atoms with van der Waals surface area (Å²) in [5.74, 6) is 0.0517. The van der Waals surface area contributed by atoms with Gasteiger partial charge >= 0.3 is 0 Å². The fraction of sp³-hybridized carbons (Fsp3) is 0.182. The molecular formula is C22H19BrClNO. The minimum Gasteiger partial charge on any atom is -0.298 e. The summed E-state index contributed by atoms with van der Waals surface area (Å²) in [6.07, 6.45) is 1.76. The number of halogens is 2. The van der Waals surface area contributed by atoms with Crippen molar-refractivity contribution >= 4 is 33.3 Å². The van der Waals surface area contributed by atoms with E-state index in [1.807, 2.05) is 68.4 Å². The molecule has 0 spiro atoms. The normalized spacial score (nSPS) is 13.3. The van der Waals surface area contributed by atoms with Crippen LogP contribution >= 0.6 is 27.5 Å². The van der Waals surface area contributed by atoms with E-state index in [1.165, 1.54) is 0 Å². The molecule has 0 N–H and O–H groups in total. The first-order chi connectivity index (χ1) is 12.4. The predicted molar refractivity (Wildman–Crippen MR) is 110 cm³/mol. The van der Waals surface area contributed by atoms with Crippen LogP contribution in [0, 0.1) is 13.8 Å². The first kappa shape index (κ1) is 18.8. The molecule has 0 aliphatic carbocycles. The van der Waals surface area contributed by atoms with Gasteiger partial charge in [-0.1, -0.05) is 45.7 Å². The number of rotatable bonds is 4. The van der Waals surface area contributed by atoms with Gasteiger partial charge in [0.2, 0.25) is 0 Å². The fourth-order valence-corrected chi connectivity index (χ4v) is 4.09. The van der Waals surface area contributed by atoms with Crippen molar-refractivity contribution in [3.05, 3.63) is 98.2 Å². The third-order valence-electron chi connectivity index (χ3n) is 4.73. The number of aryl methyl sites for hydroxylation is 2. The van der Waals surface area contributed by atoms with Crippen LogP contribution in [0.5, 0.6) is 0 Å². The second-order valence-electron chi connectivity index (χ2n) is 6.46. The van der Waals surface area contributed by atoms with Crippen LogP contribution in [0.15, 0.2) is 65.3 Å². The second-order valence-corrected chi connectivity index (χ2v) is 7.81. The first-order valence-corrected chi connectivity index (χ1v) is 9.49. The predicted octanol–water partition coefficient (Wildman–Crippen LogP) is 6.04. The molecule has 0 saturated carbocycles. The quantitative estimate of drug-likeness (QED) is 0.507. The van der Waals surface area contributed by atoms with Gasteiger partial charge in [-0.3, -0.25) is 9.78 Å². The van der Waals surface area contributed by atoms with Gasteiger partial charge in [0.05, 0.1) is 0 Å². The van der Waals surface area contributed by atoms with Gasteiger partial charge in [0.25, 0.3) is 0 Å². The molecule has 1 heterocycles. The molecule has 0 unspecified atom stereocenters. The number of aromatic nitrogens is 1. The molecule has 3 rings (SSSR count). The second kappa shape index (κ2) is 7.34. The van der Waals surface area contributed by atoms with Gasteiger partial charge in [0.1, 0.15) is 11.2 Å². The maximum atomic E-state index is 13.2. The Kier molecular flexibility index (Phi) is 5.31. The minimum atomic E-state index is -0.914. The van der Waals surface area contributed by atoms with E-state index >= 15 is 0 Å². The van der Waals surface area contributed by atoms with Gasteiger partial charge in [-0.2, -0.15) is 0 Å². The van der Waals surface area contributed by atoms with Crippen LogP contribution < -0.4 is 0 Å². The summed E-state index contributed by atoms with van der Waals surface area (Å²) in [6, 6.07) is 17.5. The Morgan fingerprint density at radius 3 is 2.27 bits per heavy atom. The van der Waals surface area contributed by atoms with E-state index in [2.05, 4.69) is 20.9 Å². The molecule has 132 valence electrons. The molecule has 0 bridgehead atoms. The number of carbonyl (C=O) groups excluding carboxylic acids is 1. The van der Waals surface area contributed by atoms with Gasteiger partial charge in [0.15, 0.2) is 0 Å². The Labute approximate surface area is 167 Å². The van der Waals surface area contributed by atoms with Crippen molar-refractivity contribution in [3.63, 3.8) is 0 Å². The lowest BCUT2D eigenvalue weighted by molar-refractivity contribution is -0.119. The van der Waals surface area contributed by atoms with Crippen molar-refractivity contribution in [3.8, 4) is 0 Å². The zero-order chi connectivity index (χ0) is 18.9. The van der Waals surface area contributed by atoms with Crippen LogP contribution in [-0.4, -0.2) is 10.8 Å². The molecule has 1 atom stereocenters. The summed E-state index contributed by atoms with van der Waals surface area (Å²) in [5, 5.41) is 0.658. The largest absolute Gasteiger partial charge is 0.298 e. The average Bonchev–Trinajstić information content (AvgIpc) is 2.58. The number of ketones is 1. The SMILES string of the molecule is CC(=O)[C@@](c1ccc(Br)cc1)(c1ccnc(C)c1)c1ccc(Cl)cc1C. The van der Waals surface area contributed by atoms with Crippen LogP contribution in [0.4, 0.5) is 0 Å². The minimum absolute atomic E-state index is 0.0517. The Balaban J connectivity index is 2.43. The molecule has 0 amide bonds. The molecule has 2 nitrogen and oxygen atoms in total. The molecule has 26 heavy (non-hydrogen) atoms. The van der Waals surface area contributed by atoms with E-state index in [4.69, 9.17) is 11.6 Å². The monoisotopic (exact) mass is 427 g/mol. The maximum absolute atomic E-state index is 13.2. The molecule has 0 fully saturated rings. The van der Waals surface area contributed by atoms with Crippen LogP contribution in [-0.2, 0) is 10.2 Å². The number of hydrogen-bond acceptors (Lipinski definition) is 2. The zero-order valence-corrected chi connectivity index (χ0v) is 17.2. The summed E-state index contributed by atoms with van der Waals surface area (Å²) in [6.45, 7) is 5.57. The lowest BCUT2D eigenvalue weighted by Crippen LogP contribution is -2.37. The van der Waals surface area contributed by atoms with Gasteiger partial charge in [-0.05, 0) is 79.4 Å². The van der Waals surface area contributed by atoms with Gasteiger partial charge in [0, 0.05) is 21.4 Å². The van der Waals surface area contributed by atoms with Crippen LogP contribution in [0.2, 0.25) is 5.02 Å². The highest BCUT2D eigenvalue weighted by Gasteiger charge is 2.42. The third-order valence-corrected chi connectivity index (χ3v) is 5.49. The molecule has 3 aromatic rings. The summed E-state index contributed by atoms with van der Waals surface area (Å²) in [5.41, 5.74) is 3.70. The van der Waals surface area contributed by atoms with E-state index in [1.54, 1.807) is 13.1 Å². The summed E-state index contributed by atoms with van der Waals surface area (Å²) in [4.78, 5) is 17.5. The first-order valence-electron chi connectivity index (χ1n) is 8.32. The van der Waals surface area contributed by atoms with E-state index in [9.17, 15) is 4.79 Å². The Hall–Kier alpha value is -1.97.